The SMILES string of the molecule is O=C([O-])c1cc(N2CCC(F)(F)CC2)ccc1F. The lowest BCUT2D eigenvalue weighted by Gasteiger charge is -2.33. The molecule has 18 heavy (non-hydrogen) atoms. The Labute approximate surface area is 102 Å². The molecule has 98 valence electrons. The molecule has 1 aromatic carbocycles. The second-order valence-corrected chi connectivity index (χ2v) is 4.29. The van der Waals surface area contributed by atoms with Gasteiger partial charge >= 0.3 is 0 Å². The lowest BCUT2D eigenvalue weighted by atomic mass is 10.1. The number of anilines is 1. The average molecular weight is 258 g/mol. The fourth-order valence-electron chi connectivity index (χ4n) is 1.96. The van der Waals surface area contributed by atoms with Crippen LogP contribution in [0.2, 0.25) is 0 Å². The number of carboxylic acids is 1. The van der Waals surface area contributed by atoms with Crippen molar-refractivity contribution in [1.29, 1.82) is 0 Å². The zero-order valence-corrected chi connectivity index (χ0v) is 9.46. The first kappa shape index (κ1) is 12.7. The van der Waals surface area contributed by atoms with Gasteiger partial charge in [-0.1, -0.05) is 0 Å². The van der Waals surface area contributed by atoms with E-state index >= 15 is 0 Å². The van der Waals surface area contributed by atoms with Gasteiger partial charge in [-0.05, 0) is 18.2 Å². The van der Waals surface area contributed by atoms with Gasteiger partial charge in [-0.2, -0.15) is 0 Å². The van der Waals surface area contributed by atoms with Crippen molar-refractivity contribution in [2.45, 2.75) is 18.8 Å². The summed E-state index contributed by atoms with van der Waals surface area (Å²) in [4.78, 5) is 12.3. The van der Waals surface area contributed by atoms with Gasteiger partial charge in [-0.15, -0.1) is 0 Å². The number of hydrogen-bond donors (Lipinski definition) is 0. The smallest absolute Gasteiger partial charge is 0.251 e. The molecule has 1 aromatic rings. The molecule has 0 aromatic heterocycles. The van der Waals surface area contributed by atoms with Crippen LogP contribution in [0.1, 0.15) is 23.2 Å². The topological polar surface area (TPSA) is 43.4 Å². The Morgan fingerprint density at radius 3 is 2.44 bits per heavy atom. The third-order valence-corrected chi connectivity index (χ3v) is 3.03. The number of benzene rings is 1. The predicted molar refractivity (Wildman–Crippen MR) is 57.1 cm³/mol. The summed E-state index contributed by atoms with van der Waals surface area (Å²) in [5, 5.41) is 10.7. The number of halogens is 3. The molecule has 6 heteroatoms. The highest BCUT2D eigenvalue weighted by molar-refractivity contribution is 5.87. The molecule has 3 nitrogen and oxygen atoms in total. The van der Waals surface area contributed by atoms with Crippen LogP contribution in [0.3, 0.4) is 0 Å². The van der Waals surface area contributed by atoms with E-state index in [4.69, 9.17) is 0 Å². The zero-order valence-electron chi connectivity index (χ0n) is 9.46. The summed E-state index contributed by atoms with van der Waals surface area (Å²) in [5.74, 6) is -5.17. The molecule has 1 aliphatic rings. The van der Waals surface area contributed by atoms with Crippen molar-refractivity contribution in [3.8, 4) is 0 Å². The lowest BCUT2D eigenvalue weighted by molar-refractivity contribution is -0.255. The summed E-state index contributed by atoms with van der Waals surface area (Å²) < 4.78 is 39.1. The molecule has 0 atom stereocenters. The average Bonchev–Trinajstić information content (AvgIpc) is 2.30. The summed E-state index contributed by atoms with van der Waals surface area (Å²) >= 11 is 0. The van der Waals surface area contributed by atoms with Gasteiger partial charge in [0.15, 0.2) is 0 Å². The molecule has 0 spiro atoms. The molecule has 0 unspecified atom stereocenters. The predicted octanol–water partition coefficient (Wildman–Crippen LogP) is 1.42. The van der Waals surface area contributed by atoms with Gasteiger partial charge in [-0.25, -0.2) is 13.2 Å². The largest absolute Gasteiger partial charge is 0.545 e. The number of rotatable bonds is 2. The highest BCUT2D eigenvalue weighted by atomic mass is 19.3. The van der Waals surface area contributed by atoms with Crippen molar-refractivity contribution in [2.24, 2.45) is 0 Å². The van der Waals surface area contributed by atoms with Crippen LogP contribution in [0, 0.1) is 5.82 Å². The highest BCUT2D eigenvalue weighted by Crippen LogP contribution is 2.30. The molecule has 1 fully saturated rings. The third-order valence-electron chi connectivity index (χ3n) is 3.03. The summed E-state index contributed by atoms with van der Waals surface area (Å²) in [7, 11) is 0. The van der Waals surface area contributed by atoms with E-state index in [1.807, 2.05) is 0 Å². The summed E-state index contributed by atoms with van der Waals surface area (Å²) in [6.45, 7) is 0.232. The molecule has 1 heterocycles. The number of carbonyl (C=O) groups is 1. The van der Waals surface area contributed by atoms with Gasteiger partial charge in [0, 0.05) is 37.2 Å². The maximum Gasteiger partial charge on any atom is 0.251 e. The number of alkyl halides is 2. The molecular weight excluding hydrogens is 247 g/mol. The minimum absolute atomic E-state index is 0.116. The molecule has 0 aliphatic carbocycles. The van der Waals surface area contributed by atoms with Gasteiger partial charge in [0.1, 0.15) is 5.82 Å². The van der Waals surface area contributed by atoms with Crippen molar-refractivity contribution in [3.05, 3.63) is 29.6 Å². The normalized spacial score (nSPS) is 18.7. The molecule has 0 bridgehead atoms. The molecular formula is C12H11F3NO2-. The maximum absolute atomic E-state index is 13.2. The first-order chi connectivity index (χ1) is 8.39. The molecule has 2 rings (SSSR count). The van der Waals surface area contributed by atoms with Gasteiger partial charge in [0.2, 0.25) is 0 Å². The highest BCUT2D eigenvalue weighted by Gasteiger charge is 2.34. The minimum Gasteiger partial charge on any atom is -0.545 e. The van der Waals surface area contributed by atoms with Crippen LogP contribution in [-0.4, -0.2) is 25.0 Å². The Balaban J connectivity index is 2.20. The quantitative estimate of drug-likeness (QED) is 0.806. The van der Waals surface area contributed by atoms with Gasteiger partial charge in [0.25, 0.3) is 5.92 Å². The van der Waals surface area contributed by atoms with Crippen molar-refractivity contribution in [2.75, 3.05) is 18.0 Å². The zero-order chi connectivity index (χ0) is 13.3. The second kappa shape index (κ2) is 4.51. The van der Waals surface area contributed by atoms with E-state index in [9.17, 15) is 23.1 Å². The Morgan fingerprint density at radius 2 is 1.89 bits per heavy atom. The van der Waals surface area contributed by atoms with E-state index in [1.165, 1.54) is 6.07 Å². The minimum atomic E-state index is -2.67. The van der Waals surface area contributed by atoms with E-state index in [1.54, 1.807) is 4.90 Å². The summed E-state index contributed by atoms with van der Waals surface area (Å²) in [6.07, 6.45) is -0.573. The Bertz CT molecular complexity index is 466. The van der Waals surface area contributed by atoms with Crippen LogP contribution < -0.4 is 10.0 Å². The first-order valence-corrected chi connectivity index (χ1v) is 5.53. The fourth-order valence-corrected chi connectivity index (χ4v) is 1.96. The number of carboxylic acid groups (broad SMARTS) is 1. The number of piperidine rings is 1. The molecule has 0 radical (unpaired) electrons. The van der Waals surface area contributed by atoms with Gasteiger partial charge < -0.3 is 14.8 Å². The molecule has 1 saturated heterocycles. The maximum atomic E-state index is 13.2. The standard InChI is InChI=1S/C12H12F3NO2/c13-10-2-1-8(7-9(10)11(17)18)16-5-3-12(14,15)4-6-16/h1-2,7H,3-6H2,(H,17,18)/p-1. The van der Waals surface area contributed by atoms with Crippen molar-refractivity contribution in [3.63, 3.8) is 0 Å². The van der Waals surface area contributed by atoms with Crippen molar-refractivity contribution < 1.29 is 23.1 Å². The van der Waals surface area contributed by atoms with Crippen LogP contribution in [0.25, 0.3) is 0 Å². The Hall–Kier alpha value is -1.72. The van der Waals surface area contributed by atoms with Gasteiger partial charge in [-0.3, -0.25) is 0 Å². The number of aromatic carboxylic acids is 1. The van der Waals surface area contributed by atoms with E-state index in [0.717, 1.165) is 12.1 Å². The second-order valence-electron chi connectivity index (χ2n) is 4.29. The summed E-state index contributed by atoms with van der Waals surface area (Å²) in [6, 6.07) is 3.51. The molecule has 0 amide bonds. The molecule has 1 aliphatic heterocycles. The van der Waals surface area contributed by atoms with Crippen LogP contribution >= 0.6 is 0 Å². The van der Waals surface area contributed by atoms with Crippen LogP contribution in [0.15, 0.2) is 18.2 Å². The van der Waals surface area contributed by atoms with Crippen LogP contribution in [0.5, 0.6) is 0 Å². The molecule has 0 saturated carbocycles. The summed E-state index contributed by atoms with van der Waals surface area (Å²) in [5.41, 5.74) is -0.129. The Kier molecular flexibility index (Phi) is 3.19. The lowest BCUT2D eigenvalue weighted by Crippen LogP contribution is -2.39. The van der Waals surface area contributed by atoms with Gasteiger partial charge in [0.05, 0.1) is 5.97 Å². The van der Waals surface area contributed by atoms with E-state index in [-0.39, 0.29) is 25.9 Å². The van der Waals surface area contributed by atoms with Crippen LogP contribution in [0.4, 0.5) is 18.9 Å². The number of carbonyl (C=O) groups excluding carboxylic acids is 1. The number of hydrogen-bond acceptors (Lipinski definition) is 3. The van der Waals surface area contributed by atoms with Crippen molar-refractivity contribution in [1.82, 2.24) is 0 Å². The van der Waals surface area contributed by atoms with Crippen LogP contribution in [-0.2, 0) is 0 Å². The Morgan fingerprint density at radius 1 is 1.28 bits per heavy atom. The monoisotopic (exact) mass is 258 g/mol. The van der Waals surface area contributed by atoms with E-state index in [0.29, 0.717) is 5.69 Å². The molecule has 0 N–H and O–H groups in total. The number of nitrogens with zero attached hydrogens (tertiary/aromatic N) is 1. The van der Waals surface area contributed by atoms with Crippen molar-refractivity contribution >= 4 is 11.7 Å². The van der Waals surface area contributed by atoms with E-state index < -0.39 is 23.3 Å². The fraction of sp³-hybridized carbons (Fsp3) is 0.417. The van der Waals surface area contributed by atoms with E-state index in [2.05, 4.69) is 0 Å². The third kappa shape index (κ3) is 2.57. The first-order valence-electron chi connectivity index (χ1n) is 5.53.